The van der Waals surface area contributed by atoms with Crippen LogP contribution in [0.2, 0.25) is 0 Å². The van der Waals surface area contributed by atoms with Gasteiger partial charge in [0.05, 0.1) is 13.7 Å². The lowest BCUT2D eigenvalue weighted by atomic mass is 10.1. The molecule has 1 aliphatic heterocycles. The maximum Gasteiger partial charge on any atom is 0.172 e. The Bertz CT molecular complexity index is 440. The summed E-state index contributed by atoms with van der Waals surface area (Å²) in [6.45, 7) is 2.61. The van der Waals surface area contributed by atoms with Crippen LogP contribution in [0, 0.1) is 17.6 Å². The van der Waals surface area contributed by atoms with E-state index in [0.29, 0.717) is 12.5 Å². The molecule has 3 nitrogen and oxygen atoms in total. The van der Waals surface area contributed by atoms with E-state index in [-0.39, 0.29) is 17.9 Å². The van der Waals surface area contributed by atoms with Crippen molar-refractivity contribution < 1.29 is 18.3 Å². The molecule has 1 heterocycles. The minimum absolute atomic E-state index is 0.0809. The van der Waals surface area contributed by atoms with Gasteiger partial charge in [0.25, 0.3) is 0 Å². The molecular weight excluding hydrogens is 252 g/mol. The number of likely N-dealkylation sites (tertiary alicyclic amines) is 1. The van der Waals surface area contributed by atoms with Crippen molar-refractivity contribution in [1.82, 2.24) is 4.90 Å². The van der Waals surface area contributed by atoms with E-state index in [1.165, 1.54) is 19.2 Å². The lowest BCUT2D eigenvalue weighted by Crippen LogP contribution is -2.22. The highest BCUT2D eigenvalue weighted by Gasteiger charge is 2.25. The monoisotopic (exact) mass is 271 g/mol. The first-order valence-corrected chi connectivity index (χ1v) is 6.37. The van der Waals surface area contributed by atoms with E-state index >= 15 is 0 Å². The van der Waals surface area contributed by atoms with E-state index in [1.807, 2.05) is 4.90 Å². The highest BCUT2D eigenvalue weighted by atomic mass is 19.1. The quantitative estimate of drug-likeness (QED) is 0.821. The van der Waals surface area contributed by atoms with Gasteiger partial charge in [-0.05, 0) is 31.0 Å². The lowest BCUT2D eigenvalue weighted by Gasteiger charge is -2.17. The van der Waals surface area contributed by atoms with Crippen LogP contribution < -0.4 is 4.74 Å². The molecule has 0 spiro atoms. The van der Waals surface area contributed by atoms with Gasteiger partial charge in [0.2, 0.25) is 0 Å². The molecule has 5 heteroatoms. The Kier molecular flexibility index (Phi) is 4.71. The number of nitrogens with zero attached hydrogens (tertiary/aromatic N) is 1. The van der Waals surface area contributed by atoms with Crippen LogP contribution in [0.25, 0.3) is 0 Å². The van der Waals surface area contributed by atoms with E-state index in [4.69, 9.17) is 9.47 Å². The molecule has 2 rings (SSSR count). The van der Waals surface area contributed by atoms with Crippen molar-refractivity contribution in [3.05, 3.63) is 29.3 Å². The Morgan fingerprint density at radius 3 is 2.79 bits per heavy atom. The molecule has 0 saturated carbocycles. The molecule has 19 heavy (non-hydrogen) atoms. The van der Waals surface area contributed by atoms with Crippen LogP contribution in [-0.4, -0.2) is 38.8 Å². The van der Waals surface area contributed by atoms with Gasteiger partial charge in [-0.3, -0.25) is 4.90 Å². The molecule has 0 radical (unpaired) electrons. The molecule has 1 atom stereocenters. The maximum atomic E-state index is 14.0. The Morgan fingerprint density at radius 1 is 1.32 bits per heavy atom. The summed E-state index contributed by atoms with van der Waals surface area (Å²) < 4.78 is 37.7. The van der Waals surface area contributed by atoms with Crippen molar-refractivity contribution in [2.75, 3.05) is 33.9 Å². The van der Waals surface area contributed by atoms with Crippen LogP contribution in [0.3, 0.4) is 0 Å². The molecule has 106 valence electrons. The lowest BCUT2D eigenvalue weighted by molar-refractivity contribution is 0.152. The fourth-order valence-corrected chi connectivity index (χ4v) is 2.53. The number of benzene rings is 1. The average molecular weight is 271 g/mol. The zero-order valence-corrected chi connectivity index (χ0v) is 11.3. The van der Waals surface area contributed by atoms with Crippen LogP contribution in [-0.2, 0) is 11.3 Å². The fourth-order valence-electron chi connectivity index (χ4n) is 2.53. The van der Waals surface area contributed by atoms with Crippen molar-refractivity contribution >= 4 is 0 Å². The third-order valence-corrected chi connectivity index (χ3v) is 3.52. The van der Waals surface area contributed by atoms with Crippen LogP contribution in [0.15, 0.2) is 12.1 Å². The van der Waals surface area contributed by atoms with Gasteiger partial charge < -0.3 is 9.47 Å². The molecule has 0 aromatic heterocycles. The predicted octanol–water partition coefficient (Wildman–Crippen LogP) is 2.44. The number of ether oxygens (including phenoxy) is 2. The minimum Gasteiger partial charge on any atom is -0.494 e. The summed E-state index contributed by atoms with van der Waals surface area (Å²) in [4.78, 5) is 2.05. The van der Waals surface area contributed by atoms with E-state index in [1.54, 1.807) is 7.11 Å². The average Bonchev–Trinajstić information content (AvgIpc) is 2.83. The largest absolute Gasteiger partial charge is 0.494 e. The number of rotatable bonds is 5. The number of halogens is 2. The molecule has 0 unspecified atom stereocenters. The molecule has 1 saturated heterocycles. The normalized spacial score (nSPS) is 19.9. The minimum atomic E-state index is -0.599. The summed E-state index contributed by atoms with van der Waals surface area (Å²) in [6.07, 6.45) is 1.00. The van der Waals surface area contributed by atoms with Crippen LogP contribution in [0.5, 0.6) is 5.75 Å². The second-order valence-corrected chi connectivity index (χ2v) is 4.89. The molecule has 1 aromatic rings. The second-order valence-electron chi connectivity index (χ2n) is 4.89. The zero-order chi connectivity index (χ0) is 13.8. The summed E-state index contributed by atoms with van der Waals surface area (Å²) in [5.74, 6) is -0.586. The summed E-state index contributed by atoms with van der Waals surface area (Å²) in [7, 11) is 3.05. The van der Waals surface area contributed by atoms with Gasteiger partial charge in [-0.1, -0.05) is 0 Å². The first-order chi connectivity index (χ1) is 9.15. The predicted molar refractivity (Wildman–Crippen MR) is 68.2 cm³/mol. The fraction of sp³-hybridized carbons (Fsp3) is 0.571. The van der Waals surface area contributed by atoms with Crippen LogP contribution in [0.1, 0.15) is 12.0 Å². The smallest absolute Gasteiger partial charge is 0.172 e. The zero-order valence-electron chi connectivity index (χ0n) is 11.3. The second kappa shape index (κ2) is 6.30. The van der Waals surface area contributed by atoms with Gasteiger partial charge in [-0.25, -0.2) is 8.78 Å². The SMILES string of the molecule is COC[C@H]1CCN(Cc2c(F)ccc(OC)c2F)C1. The molecule has 1 aromatic carbocycles. The van der Waals surface area contributed by atoms with E-state index in [0.717, 1.165) is 19.5 Å². The van der Waals surface area contributed by atoms with Crippen LogP contribution in [0.4, 0.5) is 8.78 Å². The van der Waals surface area contributed by atoms with Gasteiger partial charge in [-0.15, -0.1) is 0 Å². The van der Waals surface area contributed by atoms with Gasteiger partial charge in [0.1, 0.15) is 5.82 Å². The molecule has 0 bridgehead atoms. The topological polar surface area (TPSA) is 21.7 Å². The molecule has 0 aliphatic carbocycles. The van der Waals surface area contributed by atoms with Crippen molar-refractivity contribution in [2.45, 2.75) is 13.0 Å². The Morgan fingerprint density at radius 2 is 2.11 bits per heavy atom. The Hall–Kier alpha value is -1.20. The van der Waals surface area contributed by atoms with Crippen molar-refractivity contribution in [1.29, 1.82) is 0 Å². The maximum absolute atomic E-state index is 14.0. The summed E-state index contributed by atoms with van der Waals surface area (Å²) in [5, 5.41) is 0. The third-order valence-electron chi connectivity index (χ3n) is 3.52. The van der Waals surface area contributed by atoms with Gasteiger partial charge >= 0.3 is 0 Å². The summed E-state index contributed by atoms with van der Waals surface area (Å²) in [6, 6.07) is 2.56. The van der Waals surface area contributed by atoms with Crippen molar-refractivity contribution in [2.24, 2.45) is 5.92 Å². The van der Waals surface area contributed by atoms with E-state index < -0.39 is 11.6 Å². The summed E-state index contributed by atoms with van der Waals surface area (Å²) in [5.41, 5.74) is 0.0809. The number of methoxy groups -OCH3 is 2. The molecule has 1 fully saturated rings. The molecular formula is C14H19F2NO2. The molecule has 1 aliphatic rings. The highest BCUT2D eigenvalue weighted by Crippen LogP contribution is 2.26. The first kappa shape index (κ1) is 14.2. The van der Waals surface area contributed by atoms with Crippen molar-refractivity contribution in [3.63, 3.8) is 0 Å². The standard InChI is InChI=1S/C14H19F2NO2/c1-18-9-10-5-6-17(7-10)8-11-12(15)3-4-13(19-2)14(11)16/h3-4,10H,5-9H2,1-2H3/t10-/m0/s1. The molecule has 0 N–H and O–H groups in total. The van der Waals surface area contributed by atoms with Crippen molar-refractivity contribution in [3.8, 4) is 5.75 Å². The van der Waals surface area contributed by atoms with Gasteiger partial charge in [0.15, 0.2) is 11.6 Å². The van der Waals surface area contributed by atoms with Crippen LogP contribution >= 0.6 is 0 Å². The van der Waals surface area contributed by atoms with Gasteiger partial charge in [-0.2, -0.15) is 0 Å². The van der Waals surface area contributed by atoms with E-state index in [9.17, 15) is 8.78 Å². The Labute approximate surface area is 112 Å². The van der Waals surface area contributed by atoms with E-state index in [2.05, 4.69) is 0 Å². The molecule has 0 amide bonds. The summed E-state index contributed by atoms with van der Waals surface area (Å²) >= 11 is 0. The Balaban J connectivity index is 2.07. The van der Waals surface area contributed by atoms with Gasteiger partial charge in [0, 0.05) is 25.8 Å². The number of hydrogen-bond acceptors (Lipinski definition) is 3. The third kappa shape index (κ3) is 3.22. The highest BCUT2D eigenvalue weighted by molar-refractivity contribution is 5.32. The first-order valence-electron chi connectivity index (χ1n) is 6.37. The number of hydrogen-bond donors (Lipinski definition) is 0.